The minimum Gasteiger partial charge on any atom is -0.328 e. The molecule has 0 amide bonds. The van der Waals surface area contributed by atoms with E-state index in [1.165, 1.54) is 6.42 Å². The number of nitrogens with two attached hydrogens (primary N) is 1. The van der Waals surface area contributed by atoms with Gasteiger partial charge in [-0.2, -0.15) is 0 Å². The highest BCUT2D eigenvalue weighted by Gasteiger charge is 2.24. The maximum Gasteiger partial charge on any atom is 0.136 e. The zero-order valence-electron chi connectivity index (χ0n) is 10.3. The van der Waals surface area contributed by atoms with Gasteiger partial charge in [0.25, 0.3) is 0 Å². The van der Waals surface area contributed by atoms with Gasteiger partial charge in [-0.25, -0.2) is 0 Å². The molecule has 2 unspecified atom stereocenters. The van der Waals surface area contributed by atoms with Crippen LogP contribution in [0.1, 0.15) is 57.8 Å². The average Bonchev–Trinajstić information content (AvgIpc) is 2.28. The standard InChI is InChI=1S/C14H25NO/c1-2-3-4-5-6-10-14(16)12-8-7-9-13(15)11-12/h2,12-13H,1,3-11,15H2. The van der Waals surface area contributed by atoms with Gasteiger partial charge < -0.3 is 5.73 Å². The van der Waals surface area contributed by atoms with E-state index in [2.05, 4.69) is 6.58 Å². The molecule has 16 heavy (non-hydrogen) atoms. The Morgan fingerprint density at radius 1 is 1.31 bits per heavy atom. The summed E-state index contributed by atoms with van der Waals surface area (Å²) >= 11 is 0. The molecule has 0 bridgehead atoms. The highest BCUT2D eigenvalue weighted by molar-refractivity contribution is 5.81. The molecule has 0 aromatic carbocycles. The van der Waals surface area contributed by atoms with Crippen molar-refractivity contribution in [3.63, 3.8) is 0 Å². The molecule has 1 saturated carbocycles. The fourth-order valence-corrected chi connectivity index (χ4v) is 2.49. The van der Waals surface area contributed by atoms with E-state index in [1.54, 1.807) is 0 Å². The van der Waals surface area contributed by atoms with Crippen molar-refractivity contribution in [2.75, 3.05) is 0 Å². The third-order valence-corrected chi connectivity index (χ3v) is 3.50. The largest absolute Gasteiger partial charge is 0.328 e. The fraction of sp³-hybridized carbons (Fsp3) is 0.786. The van der Waals surface area contributed by atoms with Gasteiger partial charge >= 0.3 is 0 Å². The van der Waals surface area contributed by atoms with Gasteiger partial charge in [-0.3, -0.25) is 4.79 Å². The Bertz CT molecular complexity index is 225. The fourth-order valence-electron chi connectivity index (χ4n) is 2.49. The van der Waals surface area contributed by atoms with E-state index in [1.807, 2.05) is 6.08 Å². The summed E-state index contributed by atoms with van der Waals surface area (Å²) in [6.45, 7) is 3.69. The minimum absolute atomic E-state index is 0.267. The van der Waals surface area contributed by atoms with E-state index in [0.29, 0.717) is 5.78 Å². The van der Waals surface area contributed by atoms with Gasteiger partial charge in [0.1, 0.15) is 5.78 Å². The van der Waals surface area contributed by atoms with Crippen molar-refractivity contribution in [1.82, 2.24) is 0 Å². The summed E-state index contributed by atoms with van der Waals surface area (Å²) in [5.74, 6) is 0.719. The molecule has 0 saturated heterocycles. The number of hydrogen-bond acceptors (Lipinski definition) is 2. The minimum atomic E-state index is 0.267. The van der Waals surface area contributed by atoms with Crippen LogP contribution < -0.4 is 5.73 Å². The van der Waals surface area contributed by atoms with Crippen LogP contribution in [0.2, 0.25) is 0 Å². The highest BCUT2D eigenvalue weighted by atomic mass is 16.1. The molecule has 0 heterocycles. The summed E-state index contributed by atoms with van der Waals surface area (Å²) in [4.78, 5) is 11.9. The van der Waals surface area contributed by atoms with Crippen LogP contribution >= 0.6 is 0 Å². The lowest BCUT2D eigenvalue weighted by Gasteiger charge is -2.25. The second-order valence-electron chi connectivity index (χ2n) is 4.98. The van der Waals surface area contributed by atoms with E-state index in [0.717, 1.165) is 51.4 Å². The third-order valence-electron chi connectivity index (χ3n) is 3.50. The smallest absolute Gasteiger partial charge is 0.136 e. The molecule has 0 spiro atoms. The molecule has 0 aromatic rings. The Labute approximate surface area is 99.3 Å². The molecule has 1 rings (SSSR count). The van der Waals surface area contributed by atoms with Gasteiger partial charge in [0.2, 0.25) is 0 Å². The number of rotatable bonds is 7. The number of allylic oxidation sites excluding steroid dienone is 1. The molecule has 2 N–H and O–H groups in total. The molecule has 2 atom stereocenters. The number of Topliss-reactive ketones (excluding diaryl/α,β-unsaturated/α-hetero) is 1. The number of carbonyl (C=O) groups excluding carboxylic acids is 1. The molecule has 0 aromatic heterocycles. The summed E-state index contributed by atoms with van der Waals surface area (Å²) < 4.78 is 0. The molecule has 1 fully saturated rings. The van der Waals surface area contributed by atoms with Crippen molar-refractivity contribution in [2.24, 2.45) is 11.7 Å². The van der Waals surface area contributed by atoms with Crippen molar-refractivity contribution in [3.05, 3.63) is 12.7 Å². The van der Waals surface area contributed by atoms with Gasteiger partial charge in [0.05, 0.1) is 0 Å². The van der Waals surface area contributed by atoms with E-state index in [9.17, 15) is 4.79 Å². The molecule has 0 radical (unpaired) electrons. The predicted molar refractivity (Wildman–Crippen MR) is 68.2 cm³/mol. The van der Waals surface area contributed by atoms with E-state index >= 15 is 0 Å². The molecular weight excluding hydrogens is 198 g/mol. The predicted octanol–water partition coefficient (Wildman–Crippen LogP) is 3.21. The Morgan fingerprint density at radius 2 is 2.12 bits per heavy atom. The maximum absolute atomic E-state index is 11.9. The summed E-state index contributed by atoms with van der Waals surface area (Å²) in [6, 6.07) is 0.267. The zero-order chi connectivity index (χ0) is 11.8. The molecule has 2 heteroatoms. The van der Waals surface area contributed by atoms with Crippen LogP contribution in [-0.4, -0.2) is 11.8 Å². The van der Waals surface area contributed by atoms with Crippen LogP contribution in [0.3, 0.4) is 0 Å². The van der Waals surface area contributed by atoms with Gasteiger partial charge in [-0.1, -0.05) is 18.9 Å². The number of ketones is 1. The molecule has 92 valence electrons. The van der Waals surface area contributed by atoms with E-state index < -0.39 is 0 Å². The SMILES string of the molecule is C=CCCCCCC(=O)C1CCCC(N)C1. The van der Waals surface area contributed by atoms with Gasteiger partial charge in [-0.05, 0) is 38.5 Å². The van der Waals surface area contributed by atoms with Gasteiger partial charge in [0.15, 0.2) is 0 Å². The molecule has 1 aliphatic carbocycles. The molecule has 1 aliphatic rings. The van der Waals surface area contributed by atoms with Crippen LogP contribution in [0, 0.1) is 5.92 Å². The van der Waals surface area contributed by atoms with Crippen LogP contribution in [0.25, 0.3) is 0 Å². The Morgan fingerprint density at radius 3 is 2.81 bits per heavy atom. The first-order chi connectivity index (χ1) is 7.74. The van der Waals surface area contributed by atoms with Crippen molar-refractivity contribution in [2.45, 2.75) is 63.8 Å². The Kier molecular flexibility index (Phi) is 6.39. The topological polar surface area (TPSA) is 43.1 Å². The molecule has 0 aliphatic heterocycles. The number of unbranched alkanes of at least 4 members (excludes halogenated alkanes) is 3. The Balaban J connectivity index is 2.11. The summed E-state index contributed by atoms with van der Waals surface area (Å²) in [6.07, 6.45) is 11.4. The molecule has 2 nitrogen and oxygen atoms in total. The van der Waals surface area contributed by atoms with Gasteiger partial charge in [-0.15, -0.1) is 6.58 Å². The quantitative estimate of drug-likeness (QED) is 0.532. The zero-order valence-corrected chi connectivity index (χ0v) is 10.3. The second kappa shape index (κ2) is 7.61. The van der Waals surface area contributed by atoms with Gasteiger partial charge in [0, 0.05) is 18.4 Å². The maximum atomic E-state index is 11.9. The first-order valence-corrected chi connectivity index (χ1v) is 6.63. The summed E-state index contributed by atoms with van der Waals surface area (Å²) in [7, 11) is 0. The lowest BCUT2D eigenvalue weighted by atomic mass is 9.82. The Hall–Kier alpha value is -0.630. The normalized spacial score (nSPS) is 25.3. The van der Waals surface area contributed by atoms with Crippen LogP contribution in [0.4, 0.5) is 0 Å². The lowest BCUT2D eigenvalue weighted by molar-refractivity contribution is -0.124. The first-order valence-electron chi connectivity index (χ1n) is 6.63. The first kappa shape index (κ1) is 13.4. The third kappa shape index (κ3) is 4.93. The van der Waals surface area contributed by atoms with Crippen LogP contribution in [-0.2, 0) is 4.79 Å². The van der Waals surface area contributed by atoms with Crippen molar-refractivity contribution >= 4 is 5.78 Å². The second-order valence-corrected chi connectivity index (χ2v) is 4.98. The average molecular weight is 223 g/mol. The highest BCUT2D eigenvalue weighted by Crippen LogP contribution is 2.25. The van der Waals surface area contributed by atoms with Crippen molar-refractivity contribution in [1.29, 1.82) is 0 Å². The van der Waals surface area contributed by atoms with E-state index in [4.69, 9.17) is 5.73 Å². The van der Waals surface area contributed by atoms with E-state index in [-0.39, 0.29) is 12.0 Å². The summed E-state index contributed by atoms with van der Waals surface area (Å²) in [5.41, 5.74) is 5.89. The van der Waals surface area contributed by atoms with Crippen molar-refractivity contribution < 1.29 is 4.79 Å². The van der Waals surface area contributed by atoms with Crippen molar-refractivity contribution in [3.8, 4) is 0 Å². The number of hydrogen-bond donors (Lipinski definition) is 1. The summed E-state index contributed by atoms with van der Waals surface area (Å²) in [5, 5.41) is 0. The van der Waals surface area contributed by atoms with Crippen LogP contribution in [0.15, 0.2) is 12.7 Å². The molecular formula is C14H25NO. The van der Waals surface area contributed by atoms with Crippen LogP contribution in [0.5, 0.6) is 0 Å². The monoisotopic (exact) mass is 223 g/mol. The number of carbonyl (C=O) groups is 1. The lowest BCUT2D eigenvalue weighted by Crippen LogP contribution is -2.31.